The van der Waals surface area contributed by atoms with Crippen molar-refractivity contribution in [1.82, 2.24) is 5.32 Å². The zero-order chi connectivity index (χ0) is 17.2. The molecule has 0 bridgehead atoms. The molecule has 0 spiro atoms. The summed E-state index contributed by atoms with van der Waals surface area (Å²) in [5, 5.41) is 10.6. The van der Waals surface area contributed by atoms with Crippen LogP contribution in [0.15, 0.2) is 29.3 Å². The quantitative estimate of drug-likeness (QED) is 0.285. The maximum Gasteiger partial charge on any atom is 0.414 e. The van der Waals surface area contributed by atoms with Gasteiger partial charge in [-0.05, 0) is 24.3 Å². The van der Waals surface area contributed by atoms with Crippen molar-refractivity contribution in [3.63, 3.8) is 0 Å². The number of hydrogen-bond donors (Lipinski definition) is 2. The average molecular weight is 324 g/mol. The minimum absolute atomic E-state index is 0.00905. The lowest BCUT2D eigenvalue weighted by molar-refractivity contribution is 0.145. The number of cyclic esters (lactones) is 1. The largest absolute Gasteiger partial charge is 0.442 e. The summed E-state index contributed by atoms with van der Waals surface area (Å²) in [5.41, 5.74) is 6.82. The number of anilines is 1. The molecule has 2 fully saturated rings. The molecule has 0 radical (unpaired) electrons. The molecule has 1 aromatic carbocycles. The summed E-state index contributed by atoms with van der Waals surface area (Å²) in [4.78, 5) is 21.2. The highest BCUT2D eigenvalue weighted by molar-refractivity contribution is 5.89. The molecule has 1 amide bonds. The number of carbonyl (C=O) groups is 1. The number of guanidine groups is 1. The summed E-state index contributed by atoms with van der Waals surface area (Å²) in [6.07, 6.45) is 2.58. The summed E-state index contributed by atoms with van der Waals surface area (Å²) < 4.78 is 5.25. The number of nitriles is 1. The highest BCUT2D eigenvalue weighted by Crippen LogP contribution is 2.49. The van der Waals surface area contributed by atoms with Gasteiger partial charge in [0.1, 0.15) is 6.10 Å². The van der Waals surface area contributed by atoms with Crippen molar-refractivity contribution >= 4 is 17.7 Å². The lowest BCUT2D eigenvalue weighted by Crippen LogP contribution is -2.30. The van der Waals surface area contributed by atoms with Crippen LogP contribution in [0.1, 0.15) is 18.4 Å². The van der Waals surface area contributed by atoms with Crippen molar-refractivity contribution < 1.29 is 9.53 Å². The molecule has 8 nitrogen and oxygen atoms in total. The van der Waals surface area contributed by atoms with Crippen LogP contribution in [0.5, 0.6) is 0 Å². The van der Waals surface area contributed by atoms with E-state index in [1.54, 1.807) is 6.19 Å². The molecule has 1 aliphatic heterocycles. The average Bonchev–Trinajstić information content (AvgIpc) is 3.30. The first kappa shape index (κ1) is 15.6. The molecule has 1 unspecified atom stereocenters. The normalized spacial score (nSPS) is 21.6. The van der Waals surface area contributed by atoms with Crippen LogP contribution in [0.2, 0.25) is 0 Å². The van der Waals surface area contributed by atoms with Gasteiger partial charge in [-0.2, -0.15) is 5.26 Å². The first-order valence-electron chi connectivity index (χ1n) is 7.50. The standard InChI is InChI=1S/C16H16N6O2/c1-19-16(6-7-16)11-2-4-12(5-3-11)22-9-13(24-15(22)23)8-20-14(18)21-10-17/h2-5,13H,6-9H2,(H3,18,20,21). The van der Waals surface area contributed by atoms with E-state index in [1.165, 1.54) is 4.90 Å². The lowest BCUT2D eigenvalue weighted by atomic mass is 10.1. The molecule has 1 aliphatic carbocycles. The molecule has 1 saturated carbocycles. The van der Waals surface area contributed by atoms with Crippen LogP contribution in [0.3, 0.4) is 0 Å². The lowest BCUT2D eigenvalue weighted by Gasteiger charge is -2.13. The predicted molar refractivity (Wildman–Crippen MR) is 86.8 cm³/mol. The zero-order valence-electron chi connectivity index (χ0n) is 12.9. The molecule has 8 heteroatoms. The Morgan fingerprint density at radius 3 is 2.83 bits per heavy atom. The van der Waals surface area contributed by atoms with E-state index in [4.69, 9.17) is 22.3 Å². The Balaban J connectivity index is 1.65. The van der Waals surface area contributed by atoms with Crippen molar-refractivity contribution in [2.75, 3.05) is 18.0 Å². The summed E-state index contributed by atoms with van der Waals surface area (Å²) in [5.74, 6) is -0.00905. The first-order valence-corrected chi connectivity index (χ1v) is 7.50. The Bertz CT molecular complexity index is 754. The van der Waals surface area contributed by atoms with Gasteiger partial charge in [0.05, 0.1) is 13.1 Å². The Hall–Kier alpha value is -3.26. The van der Waals surface area contributed by atoms with Gasteiger partial charge in [0.25, 0.3) is 5.54 Å². The van der Waals surface area contributed by atoms with E-state index in [0.717, 1.165) is 24.1 Å². The number of hydrogen-bond acceptors (Lipinski definition) is 4. The van der Waals surface area contributed by atoms with Gasteiger partial charge in [-0.3, -0.25) is 10.2 Å². The molecule has 1 heterocycles. The number of nitrogens with zero attached hydrogens (tertiary/aromatic N) is 4. The molecular formula is C16H16N6O2. The van der Waals surface area contributed by atoms with Gasteiger partial charge >= 0.3 is 6.09 Å². The monoisotopic (exact) mass is 324 g/mol. The second-order valence-electron chi connectivity index (χ2n) is 5.77. The predicted octanol–water partition coefficient (Wildman–Crippen LogP) is 1.31. The van der Waals surface area contributed by atoms with E-state index in [-0.39, 0.29) is 18.0 Å². The molecule has 24 heavy (non-hydrogen) atoms. The van der Waals surface area contributed by atoms with Gasteiger partial charge in [-0.15, -0.1) is 0 Å². The fourth-order valence-corrected chi connectivity index (χ4v) is 2.66. The highest BCUT2D eigenvalue weighted by Gasteiger charge is 2.52. The second kappa shape index (κ2) is 6.09. The Morgan fingerprint density at radius 2 is 2.25 bits per heavy atom. The topological polar surface area (TPSA) is 108 Å². The Labute approximate surface area is 139 Å². The number of rotatable bonds is 4. The van der Waals surface area contributed by atoms with E-state index < -0.39 is 12.2 Å². The van der Waals surface area contributed by atoms with Crippen LogP contribution in [-0.2, 0) is 10.3 Å². The fraction of sp³-hybridized carbons (Fsp3) is 0.375. The summed E-state index contributed by atoms with van der Waals surface area (Å²) in [6, 6.07) is 7.46. The van der Waals surface area contributed by atoms with Crippen LogP contribution >= 0.6 is 0 Å². The number of nitrogens with one attached hydrogen (secondary N) is 1. The molecular weight excluding hydrogens is 308 g/mol. The molecule has 3 N–H and O–H groups in total. The zero-order valence-corrected chi connectivity index (χ0v) is 12.9. The molecule has 1 aromatic rings. The number of nitrogens with two attached hydrogens (primary N) is 1. The maximum atomic E-state index is 12.0. The molecule has 3 rings (SSSR count). The van der Waals surface area contributed by atoms with Gasteiger partial charge < -0.3 is 15.3 Å². The third-order valence-corrected chi connectivity index (χ3v) is 4.18. The summed E-state index contributed by atoms with van der Waals surface area (Å²) in [6.45, 7) is 7.83. The minimum atomic E-state index is -0.443. The molecule has 0 aromatic heterocycles. The third kappa shape index (κ3) is 2.95. The Kier molecular flexibility index (Phi) is 3.97. The summed E-state index contributed by atoms with van der Waals surface area (Å²) in [7, 11) is 0. The van der Waals surface area contributed by atoms with Crippen molar-refractivity contribution in [3.05, 3.63) is 41.2 Å². The van der Waals surface area contributed by atoms with Crippen molar-refractivity contribution in [3.8, 4) is 6.19 Å². The van der Waals surface area contributed by atoms with E-state index >= 15 is 0 Å². The van der Waals surface area contributed by atoms with Crippen LogP contribution < -0.4 is 16.0 Å². The number of aliphatic imine (C=N–C) groups is 1. The molecule has 122 valence electrons. The van der Waals surface area contributed by atoms with Crippen LogP contribution in [0.4, 0.5) is 10.5 Å². The molecule has 1 atom stereocenters. The SMILES string of the molecule is [C-]#[N+]C1(c2ccc(N3CC(CN=C(N)NC#N)OC3=O)cc2)CC1. The summed E-state index contributed by atoms with van der Waals surface area (Å²) >= 11 is 0. The third-order valence-electron chi connectivity index (χ3n) is 4.18. The van der Waals surface area contributed by atoms with E-state index in [1.807, 2.05) is 24.3 Å². The smallest absolute Gasteiger partial charge is 0.414 e. The van der Waals surface area contributed by atoms with Crippen LogP contribution in [-0.4, -0.2) is 31.2 Å². The van der Waals surface area contributed by atoms with E-state index in [0.29, 0.717) is 6.54 Å². The maximum absolute atomic E-state index is 12.0. The molecule has 1 saturated heterocycles. The van der Waals surface area contributed by atoms with Gasteiger partial charge in [0.2, 0.25) is 5.96 Å². The minimum Gasteiger partial charge on any atom is -0.442 e. The van der Waals surface area contributed by atoms with Gasteiger partial charge in [-0.1, -0.05) is 0 Å². The van der Waals surface area contributed by atoms with Gasteiger partial charge in [0, 0.05) is 24.1 Å². The number of amides is 1. The second-order valence-corrected chi connectivity index (χ2v) is 5.77. The number of carbonyl (C=O) groups excluding carboxylic acids is 1. The first-order chi connectivity index (χ1) is 11.6. The van der Waals surface area contributed by atoms with Crippen molar-refractivity contribution in [2.24, 2.45) is 10.7 Å². The van der Waals surface area contributed by atoms with E-state index in [2.05, 4.69) is 15.2 Å². The molecule has 2 aliphatic rings. The fourth-order valence-electron chi connectivity index (χ4n) is 2.66. The number of benzene rings is 1. The Morgan fingerprint density at radius 1 is 1.54 bits per heavy atom. The van der Waals surface area contributed by atoms with E-state index in [9.17, 15) is 4.79 Å². The van der Waals surface area contributed by atoms with Crippen LogP contribution in [0.25, 0.3) is 4.85 Å². The van der Waals surface area contributed by atoms with Gasteiger partial charge in [-0.25, -0.2) is 16.4 Å². The van der Waals surface area contributed by atoms with Gasteiger partial charge in [0.15, 0.2) is 6.19 Å². The van der Waals surface area contributed by atoms with Crippen molar-refractivity contribution in [2.45, 2.75) is 24.5 Å². The number of ether oxygens (including phenoxy) is 1. The highest BCUT2D eigenvalue weighted by atomic mass is 16.6. The van der Waals surface area contributed by atoms with Crippen molar-refractivity contribution in [1.29, 1.82) is 5.26 Å². The van der Waals surface area contributed by atoms with Crippen LogP contribution in [0, 0.1) is 18.0 Å².